The van der Waals surface area contributed by atoms with Gasteiger partial charge < -0.3 is 20.0 Å². The minimum Gasteiger partial charge on any atom is -0.464 e. The standard InChI is InChI=1S/C26H20N3O3/c1-16(30)28-19-6-2-5-17(13-19)15-29-22-8-3-7-21(26(27)31)25(22)20-11-10-18(14-23(20)29)24-9-4-12-32-24/h2-10,12-14H,15H2,1H3,(H2,27,31)(H,28,30). The van der Waals surface area contributed by atoms with E-state index in [0.29, 0.717) is 12.1 Å². The van der Waals surface area contributed by atoms with Crippen LogP contribution in [0.5, 0.6) is 0 Å². The van der Waals surface area contributed by atoms with Gasteiger partial charge in [0.05, 0.1) is 17.3 Å². The van der Waals surface area contributed by atoms with Gasteiger partial charge in [0.2, 0.25) is 11.8 Å². The fourth-order valence-electron chi connectivity index (χ4n) is 4.15. The van der Waals surface area contributed by atoms with Gasteiger partial charge in [-0.1, -0.05) is 18.2 Å². The van der Waals surface area contributed by atoms with Crippen molar-refractivity contribution in [1.29, 1.82) is 0 Å². The van der Waals surface area contributed by atoms with Crippen molar-refractivity contribution in [3.8, 4) is 11.3 Å². The zero-order valence-electron chi connectivity index (χ0n) is 17.4. The Morgan fingerprint density at radius 2 is 1.91 bits per heavy atom. The molecular formula is C26H20N3O3. The molecular weight excluding hydrogens is 402 g/mol. The van der Waals surface area contributed by atoms with Gasteiger partial charge in [0, 0.05) is 41.1 Å². The lowest BCUT2D eigenvalue weighted by atomic mass is 10.0. The highest BCUT2D eigenvalue weighted by molar-refractivity contribution is 6.18. The average molecular weight is 422 g/mol. The van der Waals surface area contributed by atoms with E-state index >= 15 is 0 Å². The summed E-state index contributed by atoms with van der Waals surface area (Å²) >= 11 is 0. The van der Waals surface area contributed by atoms with Crippen molar-refractivity contribution in [1.82, 2.24) is 4.57 Å². The Labute approximate surface area is 184 Å². The number of primary amides is 1. The summed E-state index contributed by atoms with van der Waals surface area (Å²) in [7, 11) is 0. The molecule has 5 aromatic rings. The minimum absolute atomic E-state index is 0.122. The Morgan fingerprint density at radius 1 is 1.06 bits per heavy atom. The Hall–Kier alpha value is -4.32. The van der Waals surface area contributed by atoms with E-state index in [-0.39, 0.29) is 5.91 Å². The highest BCUT2D eigenvalue weighted by Crippen LogP contribution is 2.35. The molecule has 6 nitrogen and oxygen atoms in total. The topological polar surface area (TPSA) is 90.3 Å². The maximum Gasteiger partial charge on any atom is 0.249 e. The van der Waals surface area contributed by atoms with Crippen LogP contribution in [0.3, 0.4) is 0 Å². The summed E-state index contributed by atoms with van der Waals surface area (Å²) in [6.07, 6.45) is 1.63. The minimum atomic E-state index is -0.481. The Kier molecular flexibility index (Phi) is 4.75. The number of carbonyl (C=O) groups excluding carboxylic acids is 2. The Bertz CT molecular complexity index is 1480. The number of aromatic nitrogens is 1. The summed E-state index contributed by atoms with van der Waals surface area (Å²) in [5, 5.41) is 4.42. The molecule has 0 saturated heterocycles. The first-order valence-electron chi connectivity index (χ1n) is 10.2. The number of hydrogen-bond donors (Lipinski definition) is 2. The van der Waals surface area contributed by atoms with E-state index in [1.165, 1.54) is 6.92 Å². The van der Waals surface area contributed by atoms with Crippen molar-refractivity contribution in [2.75, 3.05) is 5.32 Å². The molecule has 1 radical (unpaired) electrons. The average Bonchev–Trinajstić information content (AvgIpc) is 3.41. The molecule has 2 amide bonds. The number of nitrogens with two attached hydrogens (primary N) is 1. The second-order valence-corrected chi connectivity index (χ2v) is 7.66. The van der Waals surface area contributed by atoms with Crippen molar-refractivity contribution in [2.24, 2.45) is 5.73 Å². The quantitative estimate of drug-likeness (QED) is 0.419. The van der Waals surface area contributed by atoms with Gasteiger partial charge in [0.25, 0.3) is 0 Å². The third-order valence-corrected chi connectivity index (χ3v) is 5.45. The second kappa shape index (κ2) is 7.74. The van der Waals surface area contributed by atoms with Crippen molar-refractivity contribution in [2.45, 2.75) is 13.5 Å². The lowest BCUT2D eigenvalue weighted by Gasteiger charge is -2.10. The molecule has 5 rings (SSSR count). The monoisotopic (exact) mass is 422 g/mol. The normalized spacial score (nSPS) is 11.2. The van der Waals surface area contributed by atoms with E-state index in [9.17, 15) is 9.59 Å². The van der Waals surface area contributed by atoms with Gasteiger partial charge in [-0.3, -0.25) is 9.59 Å². The molecule has 32 heavy (non-hydrogen) atoms. The largest absolute Gasteiger partial charge is 0.464 e. The maximum atomic E-state index is 12.2. The number of nitrogens with zero attached hydrogens (tertiary/aromatic N) is 1. The molecule has 0 aliphatic heterocycles. The van der Waals surface area contributed by atoms with E-state index in [1.54, 1.807) is 12.3 Å². The van der Waals surface area contributed by atoms with Gasteiger partial charge in [-0.15, -0.1) is 0 Å². The number of benzene rings is 3. The summed E-state index contributed by atoms with van der Waals surface area (Å²) in [5.74, 6) is 0.136. The zero-order valence-corrected chi connectivity index (χ0v) is 17.4. The molecule has 0 atom stereocenters. The zero-order chi connectivity index (χ0) is 22.2. The SMILES string of the molecule is CC(=O)Nc1cccc(Cn2c3cc(-c4ccco4)c[c]c3c3c(C(N)=O)cccc32)c1. The molecule has 3 N–H and O–H groups in total. The highest BCUT2D eigenvalue weighted by atomic mass is 16.3. The second-order valence-electron chi connectivity index (χ2n) is 7.66. The first kappa shape index (κ1) is 19.6. The number of anilines is 1. The van der Waals surface area contributed by atoms with E-state index in [4.69, 9.17) is 10.2 Å². The molecule has 0 unspecified atom stereocenters. The number of amides is 2. The molecule has 157 valence electrons. The molecule has 0 aliphatic rings. The summed E-state index contributed by atoms with van der Waals surface area (Å²) < 4.78 is 7.70. The summed E-state index contributed by atoms with van der Waals surface area (Å²) in [6, 6.07) is 24.2. The van der Waals surface area contributed by atoms with Gasteiger partial charge in [-0.05, 0) is 60.2 Å². The predicted octanol–water partition coefficient (Wildman–Crippen LogP) is 4.96. The van der Waals surface area contributed by atoms with Crippen LogP contribution in [0.1, 0.15) is 22.8 Å². The molecule has 2 aromatic heterocycles. The number of furan rings is 1. The fourth-order valence-corrected chi connectivity index (χ4v) is 4.15. The molecule has 0 spiro atoms. The summed E-state index contributed by atoms with van der Waals surface area (Å²) in [5.41, 5.74) is 10.6. The van der Waals surface area contributed by atoms with Gasteiger partial charge in [-0.2, -0.15) is 0 Å². The maximum absolute atomic E-state index is 12.2. The molecule has 6 heteroatoms. The van der Waals surface area contributed by atoms with Crippen LogP contribution in [0, 0.1) is 6.07 Å². The van der Waals surface area contributed by atoms with Gasteiger partial charge in [0.1, 0.15) is 5.76 Å². The molecule has 0 aliphatic carbocycles. The van der Waals surface area contributed by atoms with Crippen molar-refractivity contribution in [3.05, 3.63) is 90.2 Å². The van der Waals surface area contributed by atoms with Crippen molar-refractivity contribution in [3.63, 3.8) is 0 Å². The predicted molar refractivity (Wildman–Crippen MR) is 124 cm³/mol. The van der Waals surface area contributed by atoms with Crippen LogP contribution in [0.4, 0.5) is 5.69 Å². The van der Waals surface area contributed by atoms with Crippen LogP contribution >= 0.6 is 0 Å². The van der Waals surface area contributed by atoms with Gasteiger partial charge in [0.15, 0.2) is 0 Å². The van der Waals surface area contributed by atoms with Crippen LogP contribution in [0.25, 0.3) is 33.1 Å². The van der Waals surface area contributed by atoms with E-state index in [1.807, 2.05) is 60.7 Å². The summed E-state index contributed by atoms with van der Waals surface area (Å²) in [6.45, 7) is 2.02. The molecule has 0 bridgehead atoms. The Balaban J connectivity index is 1.74. The fraction of sp³-hybridized carbons (Fsp3) is 0.0769. The molecule has 2 heterocycles. The molecule has 0 saturated carbocycles. The number of nitrogens with one attached hydrogen (secondary N) is 1. The van der Waals surface area contributed by atoms with E-state index in [0.717, 1.165) is 44.4 Å². The third-order valence-electron chi connectivity index (χ3n) is 5.45. The smallest absolute Gasteiger partial charge is 0.249 e. The Morgan fingerprint density at radius 3 is 2.66 bits per heavy atom. The van der Waals surface area contributed by atoms with E-state index < -0.39 is 5.91 Å². The van der Waals surface area contributed by atoms with Crippen molar-refractivity contribution >= 4 is 39.3 Å². The van der Waals surface area contributed by atoms with Gasteiger partial charge >= 0.3 is 0 Å². The van der Waals surface area contributed by atoms with Crippen LogP contribution in [0.2, 0.25) is 0 Å². The van der Waals surface area contributed by atoms with Crippen LogP contribution < -0.4 is 11.1 Å². The highest BCUT2D eigenvalue weighted by Gasteiger charge is 2.18. The molecule has 3 aromatic carbocycles. The van der Waals surface area contributed by atoms with Crippen molar-refractivity contribution < 1.29 is 14.0 Å². The lowest BCUT2D eigenvalue weighted by molar-refractivity contribution is -0.114. The number of fused-ring (bicyclic) bond motifs is 3. The first-order valence-corrected chi connectivity index (χ1v) is 10.2. The number of carbonyl (C=O) groups is 2. The first-order chi connectivity index (χ1) is 15.5. The van der Waals surface area contributed by atoms with E-state index in [2.05, 4.69) is 16.0 Å². The number of rotatable bonds is 5. The third kappa shape index (κ3) is 3.41. The summed E-state index contributed by atoms with van der Waals surface area (Å²) in [4.78, 5) is 23.6. The molecule has 0 fully saturated rings. The van der Waals surface area contributed by atoms with Crippen LogP contribution in [-0.2, 0) is 11.3 Å². The van der Waals surface area contributed by atoms with Gasteiger partial charge in [-0.25, -0.2) is 0 Å². The lowest BCUT2D eigenvalue weighted by Crippen LogP contribution is -2.11. The van der Waals surface area contributed by atoms with Crippen LogP contribution in [0.15, 0.2) is 77.4 Å². The van der Waals surface area contributed by atoms with Crippen LogP contribution in [-0.4, -0.2) is 16.4 Å². The number of hydrogen-bond acceptors (Lipinski definition) is 3.